The second-order valence-corrected chi connectivity index (χ2v) is 4.42. The lowest BCUT2D eigenvalue weighted by molar-refractivity contribution is -0.169. The van der Waals surface area contributed by atoms with E-state index in [-0.39, 0.29) is 6.61 Å². The molecule has 0 saturated carbocycles. The van der Waals surface area contributed by atoms with E-state index in [1.165, 1.54) is 21.0 Å². The minimum Gasteiger partial charge on any atom is -0.463 e. The van der Waals surface area contributed by atoms with Crippen molar-refractivity contribution in [2.24, 2.45) is 5.92 Å². The van der Waals surface area contributed by atoms with E-state index < -0.39 is 42.6 Å². The first-order chi connectivity index (χ1) is 8.38. The molecule has 7 nitrogen and oxygen atoms in total. The quantitative estimate of drug-likeness (QED) is 0.527. The lowest BCUT2D eigenvalue weighted by Gasteiger charge is -2.17. The molecule has 0 aromatic heterocycles. The van der Waals surface area contributed by atoms with Crippen LogP contribution in [0.2, 0.25) is 0 Å². The summed E-state index contributed by atoms with van der Waals surface area (Å²) >= 11 is 0. The summed E-state index contributed by atoms with van der Waals surface area (Å²) in [4.78, 5) is 11.5. The van der Waals surface area contributed by atoms with E-state index in [1.54, 1.807) is 0 Å². The minimum atomic E-state index is -1.18. The summed E-state index contributed by atoms with van der Waals surface area (Å²) in [6.07, 6.45) is -4.94. The maximum absolute atomic E-state index is 11.5. The van der Waals surface area contributed by atoms with E-state index in [2.05, 4.69) is 0 Å². The van der Waals surface area contributed by atoms with Crippen molar-refractivity contribution in [3.63, 3.8) is 0 Å². The molecule has 0 aromatic rings. The molecule has 6 atom stereocenters. The summed E-state index contributed by atoms with van der Waals surface area (Å²) in [5.41, 5.74) is 0. The van der Waals surface area contributed by atoms with Gasteiger partial charge in [-0.25, -0.2) is 0 Å². The zero-order valence-corrected chi connectivity index (χ0v) is 10.6. The highest BCUT2D eigenvalue weighted by atomic mass is 16.7. The van der Waals surface area contributed by atoms with Crippen molar-refractivity contribution >= 4 is 5.97 Å². The van der Waals surface area contributed by atoms with Crippen LogP contribution in [0.1, 0.15) is 13.8 Å². The van der Waals surface area contributed by atoms with Crippen LogP contribution in [0.15, 0.2) is 0 Å². The van der Waals surface area contributed by atoms with E-state index in [9.17, 15) is 20.1 Å². The Morgan fingerprint density at radius 2 is 1.94 bits per heavy atom. The van der Waals surface area contributed by atoms with Gasteiger partial charge in [0.15, 0.2) is 6.29 Å². The van der Waals surface area contributed by atoms with Crippen LogP contribution in [0.4, 0.5) is 0 Å². The third kappa shape index (κ3) is 3.39. The number of hydrogen-bond acceptors (Lipinski definition) is 7. The molecule has 18 heavy (non-hydrogen) atoms. The molecule has 0 aromatic carbocycles. The van der Waals surface area contributed by atoms with Crippen LogP contribution in [-0.4, -0.2) is 65.7 Å². The van der Waals surface area contributed by atoms with E-state index in [4.69, 9.17) is 14.2 Å². The average molecular weight is 264 g/mol. The zero-order chi connectivity index (χ0) is 13.9. The van der Waals surface area contributed by atoms with Gasteiger partial charge in [-0.1, -0.05) is 0 Å². The number of ether oxygens (including phenoxy) is 3. The molecule has 1 saturated heterocycles. The Kier molecular flexibility index (Phi) is 5.48. The molecule has 1 aliphatic rings. The van der Waals surface area contributed by atoms with Gasteiger partial charge in [-0.15, -0.1) is 0 Å². The Morgan fingerprint density at radius 1 is 1.33 bits per heavy atom. The largest absolute Gasteiger partial charge is 0.463 e. The molecule has 1 aliphatic heterocycles. The van der Waals surface area contributed by atoms with Gasteiger partial charge in [-0.3, -0.25) is 4.79 Å². The lowest BCUT2D eigenvalue weighted by atomic mass is 10.1. The van der Waals surface area contributed by atoms with E-state index in [1.807, 2.05) is 0 Å². The standard InChI is InChI=1S/C11H20O7/c1-5(6(2)12)10(15)17-4-7-8(13)9(14)11(16-3)18-7/h5-9,11-14H,4H2,1-3H3/t5-,6-,7-,8-,9+,11+/m1/s1. The summed E-state index contributed by atoms with van der Waals surface area (Å²) in [6, 6.07) is 0. The van der Waals surface area contributed by atoms with Crippen molar-refractivity contribution < 1.29 is 34.3 Å². The predicted molar refractivity (Wildman–Crippen MR) is 59.5 cm³/mol. The number of carbonyl (C=O) groups is 1. The molecule has 0 spiro atoms. The fourth-order valence-corrected chi connectivity index (χ4v) is 1.54. The summed E-state index contributed by atoms with van der Waals surface area (Å²) in [5.74, 6) is -1.25. The van der Waals surface area contributed by atoms with Crippen LogP contribution in [0.3, 0.4) is 0 Å². The van der Waals surface area contributed by atoms with Crippen LogP contribution in [0, 0.1) is 5.92 Å². The normalized spacial score (nSPS) is 35.2. The number of aliphatic hydroxyl groups is 3. The molecule has 0 amide bonds. The van der Waals surface area contributed by atoms with Gasteiger partial charge in [0.05, 0.1) is 12.0 Å². The molecule has 1 fully saturated rings. The van der Waals surface area contributed by atoms with Gasteiger partial charge in [0.2, 0.25) is 0 Å². The molecule has 106 valence electrons. The van der Waals surface area contributed by atoms with Gasteiger partial charge >= 0.3 is 5.97 Å². The molecule has 0 unspecified atom stereocenters. The van der Waals surface area contributed by atoms with Gasteiger partial charge in [0.1, 0.15) is 24.9 Å². The Morgan fingerprint density at radius 3 is 2.39 bits per heavy atom. The summed E-state index contributed by atoms with van der Waals surface area (Å²) < 4.78 is 14.9. The third-order valence-electron chi connectivity index (χ3n) is 3.04. The van der Waals surface area contributed by atoms with Crippen molar-refractivity contribution in [1.82, 2.24) is 0 Å². The summed E-state index contributed by atoms with van der Waals surface area (Å²) in [7, 11) is 1.34. The Balaban J connectivity index is 2.43. The van der Waals surface area contributed by atoms with E-state index in [0.717, 1.165) is 0 Å². The molecule has 1 heterocycles. The van der Waals surface area contributed by atoms with Crippen LogP contribution >= 0.6 is 0 Å². The van der Waals surface area contributed by atoms with Crippen molar-refractivity contribution in [1.29, 1.82) is 0 Å². The molecule has 3 N–H and O–H groups in total. The first-order valence-corrected chi connectivity index (χ1v) is 5.77. The maximum atomic E-state index is 11.5. The molecule has 0 aliphatic carbocycles. The number of methoxy groups -OCH3 is 1. The first kappa shape index (κ1) is 15.3. The fourth-order valence-electron chi connectivity index (χ4n) is 1.54. The first-order valence-electron chi connectivity index (χ1n) is 5.77. The average Bonchev–Trinajstić information content (AvgIpc) is 2.62. The summed E-state index contributed by atoms with van der Waals surface area (Å²) in [6.45, 7) is 2.82. The number of aliphatic hydroxyl groups excluding tert-OH is 3. The van der Waals surface area contributed by atoms with Crippen LogP contribution in [0.25, 0.3) is 0 Å². The van der Waals surface area contributed by atoms with Crippen molar-refractivity contribution in [3.05, 3.63) is 0 Å². The number of carbonyl (C=O) groups excluding carboxylic acids is 1. The molecular weight excluding hydrogens is 244 g/mol. The fraction of sp³-hybridized carbons (Fsp3) is 0.909. The second kappa shape index (κ2) is 6.44. The minimum absolute atomic E-state index is 0.200. The van der Waals surface area contributed by atoms with Crippen molar-refractivity contribution in [2.75, 3.05) is 13.7 Å². The Bertz CT molecular complexity index is 281. The van der Waals surface area contributed by atoms with Crippen LogP contribution in [-0.2, 0) is 19.0 Å². The Labute approximate surface area is 105 Å². The van der Waals surface area contributed by atoms with Gasteiger partial charge < -0.3 is 29.5 Å². The lowest BCUT2D eigenvalue weighted by Crippen LogP contribution is -2.36. The molecule has 7 heteroatoms. The second-order valence-electron chi connectivity index (χ2n) is 4.42. The van der Waals surface area contributed by atoms with Gasteiger partial charge in [-0.05, 0) is 13.8 Å². The van der Waals surface area contributed by atoms with Crippen LogP contribution in [0.5, 0.6) is 0 Å². The number of rotatable bonds is 5. The molecule has 0 radical (unpaired) electrons. The molecular formula is C11H20O7. The topological polar surface area (TPSA) is 105 Å². The van der Waals surface area contributed by atoms with Crippen LogP contribution < -0.4 is 0 Å². The third-order valence-corrected chi connectivity index (χ3v) is 3.04. The smallest absolute Gasteiger partial charge is 0.311 e. The predicted octanol–water partition coefficient (Wildman–Crippen LogP) is -1.36. The number of esters is 1. The Hall–Kier alpha value is -0.730. The number of hydrogen-bond donors (Lipinski definition) is 3. The maximum Gasteiger partial charge on any atom is 0.311 e. The highest BCUT2D eigenvalue weighted by Gasteiger charge is 2.43. The molecule has 0 bridgehead atoms. The van der Waals surface area contributed by atoms with E-state index >= 15 is 0 Å². The van der Waals surface area contributed by atoms with Gasteiger partial charge in [0, 0.05) is 7.11 Å². The monoisotopic (exact) mass is 264 g/mol. The zero-order valence-electron chi connectivity index (χ0n) is 10.6. The van der Waals surface area contributed by atoms with E-state index in [0.29, 0.717) is 0 Å². The van der Waals surface area contributed by atoms with Gasteiger partial charge in [-0.2, -0.15) is 0 Å². The summed E-state index contributed by atoms with van der Waals surface area (Å²) in [5, 5.41) is 28.3. The SMILES string of the molecule is CO[C@H]1O[C@H](COC(=O)[C@H](C)[C@@H](C)O)[C@@H](O)[C@@H]1O. The highest BCUT2D eigenvalue weighted by molar-refractivity contribution is 5.72. The molecule has 1 rings (SSSR count). The van der Waals surface area contributed by atoms with Crippen molar-refractivity contribution in [2.45, 2.75) is 44.6 Å². The van der Waals surface area contributed by atoms with Gasteiger partial charge in [0.25, 0.3) is 0 Å². The van der Waals surface area contributed by atoms with Crippen molar-refractivity contribution in [3.8, 4) is 0 Å². The highest BCUT2D eigenvalue weighted by Crippen LogP contribution is 2.22.